The molecule has 0 aliphatic carbocycles. The molecule has 92 valence electrons. The highest BCUT2D eigenvalue weighted by Gasteiger charge is 2.33. The lowest BCUT2D eigenvalue weighted by molar-refractivity contribution is 0.0395. The summed E-state index contributed by atoms with van der Waals surface area (Å²) in [4.78, 5) is 15.7. The van der Waals surface area contributed by atoms with Gasteiger partial charge in [0.05, 0.1) is 5.56 Å². The van der Waals surface area contributed by atoms with E-state index >= 15 is 0 Å². The van der Waals surface area contributed by atoms with Crippen LogP contribution in [0.4, 0.5) is 10.1 Å². The van der Waals surface area contributed by atoms with E-state index in [4.69, 9.17) is 5.73 Å². The Hall–Kier alpha value is -1.62. The molecule has 1 aromatic rings. The van der Waals surface area contributed by atoms with Crippen LogP contribution in [-0.2, 0) is 0 Å². The van der Waals surface area contributed by atoms with Crippen molar-refractivity contribution in [2.24, 2.45) is 0 Å². The van der Waals surface area contributed by atoms with Crippen LogP contribution in [0.1, 0.15) is 10.4 Å². The minimum absolute atomic E-state index is 0.0576. The molecule has 0 radical (unpaired) electrons. The Bertz CT molecular complexity index is 441. The highest BCUT2D eigenvalue weighted by Crippen LogP contribution is 2.19. The van der Waals surface area contributed by atoms with Crippen LogP contribution in [0.25, 0.3) is 0 Å². The topological polar surface area (TPSA) is 49.6 Å². The van der Waals surface area contributed by atoms with E-state index in [1.54, 1.807) is 4.90 Å². The number of hydrogen-bond donors (Lipinski definition) is 1. The molecule has 0 bridgehead atoms. The lowest BCUT2D eigenvalue weighted by atomic mass is 10.1. The number of nitrogen functional groups attached to an aromatic ring is 1. The lowest BCUT2D eigenvalue weighted by Gasteiger charge is -2.42. The molecule has 0 spiro atoms. The van der Waals surface area contributed by atoms with E-state index < -0.39 is 5.82 Å². The number of hydrogen-bond acceptors (Lipinski definition) is 3. The van der Waals surface area contributed by atoms with Gasteiger partial charge >= 0.3 is 0 Å². The summed E-state index contributed by atoms with van der Waals surface area (Å²) in [6.07, 6.45) is 0. The first kappa shape index (κ1) is 11.9. The van der Waals surface area contributed by atoms with Gasteiger partial charge in [0.2, 0.25) is 0 Å². The third-order valence-electron chi connectivity index (χ3n) is 3.10. The molecule has 1 aliphatic heterocycles. The summed E-state index contributed by atoms with van der Waals surface area (Å²) in [6.45, 7) is 1.28. The molecule has 17 heavy (non-hydrogen) atoms. The van der Waals surface area contributed by atoms with Crippen molar-refractivity contribution in [1.82, 2.24) is 9.80 Å². The number of carbonyl (C=O) groups excluding carboxylic acids is 1. The zero-order valence-electron chi connectivity index (χ0n) is 9.98. The molecular weight excluding hydrogens is 221 g/mol. The fourth-order valence-corrected chi connectivity index (χ4v) is 1.82. The molecular formula is C12H16FN3O. The molecule has 1 amide bonds. The highest BCUT2D eigenvalue weighted by molar-refractivity contribution is 5.95. The van der Waals surface area contributed by atoms with Crippen molar-refractivity contribution >= 4 is 11.6 Å². The number of likely N-dealkylation sites (tertiary alicyclic amines) is 1. The number of rotatable bonds is 2. The summed E-state index contributed by atoms with van der Waals surface area (Å²) in [5, 5.41) is 0. The van der Waals surface area contributed by atoms with Crippen molar-refractivity contribution < 1.29 is 9.18 Å². The Labute approximate surface area is 99.8 Å². The monoisotopic (exact) mass is 237 g/mol. The molecule has 1 aromatic carbocycles. The lowest BCUT2D eigenvalue weighted by Crippen LogP contribution is -2.59. The van der Waals surface area contributed by atoms with E-state index in [9.17, 15) is 9.18 Å². The van der Waals surface area contributed by atoms with Crippen LogP contribution in [0.15, 0.2) is 18.2 Å². The van der Waals surface area contributed by atoms with E-state index in [1.807, 2.05) is 14.1 Å². The number of carbonyl (C=O) groups is 1. The standard InChI is InChI=1S/C12H16FN3O/c1-15(2)9-6-16(7-9)12(17)10-5-8(14)3-4-11(10)13/h3-5,9H,6-7,14H2,1-2H3. The maximum absolute atomic E-state index is 13.5. The van der Waals surface area contributed by atoms with Gasteiger partial charge in [0, 0.05) is 24.8 Å². The van der Waals surface area contributed by atoms with Crippen LogP contribution in [0.2, 0.25) is 0 Å². The molecule has 4 nitrogen and oxygen atoms in total. The predicted molar refractivity (Wildman–Crippen MR) is 64.2 cm³/mol. The van der Waals surface area contributed by atoms with Crippen molar-refractivity contribution in [3.8, 4) is 0 Å². The first-order chi connectivity index (χ1) is 7.99. The first-order valence-corrected chi connectivity index (χ1v) is 5.50. The second kappa shape index (κ2) is 4.33. The summed E-state index contributed by atoms with van der Waals surface area (Å²) < 4.78 is 13.5. The summed E-state index contributed by atoms with van der Waals surface area (Å²) in [7, 11) is 3.93. The maximum atomic E-state index is 13.5. The van der Waals surface area contributed by atoms with Gasteiger partial charge in [0.1, 0.15) is 5.82 Å². The molecule has 2 N–H and O–H groups in total. The summed E-state index contributed by atoms with van der Waals surface area (Å²) in [5.41, 5.74) is 6.01. The molecule has 1 saturated heterocycles. The minimum atomic E-state index is -0.516. The van der Waals surface area contributed by atoms with Crippen molar-refractivity contribution in [3.05, 3.63) is 29.6 Å². The average Bonchev–Trinajstić information content (AvgIpc) is 2.18. The van der Waals surface area contributed by atoms with Gasteiger partial charge in [-0.05, 0) is 32.3 Å². The van der Waals surface area contributed by atoms with Gasteiger partial charge in [-0.25, -0.2) is 4.39 Å². The molecule has 0 aromatic heterocycles. The van der Waals surface area contributed by atoms with Crippen molar-refractivity contribution in [1.29, 1.82) is 0 Å². The Morgan fingerprint density at radius 2 is 2.12 bits per heavy atom. The van der Waals surface area contributed by atoms with Gasteiger partial charge in [0.25, 0.3) is 5.91 Å². The van der Waals surface area contributed by atoms with Crippen molar-refractivity contribution in [2.45, 2.75) is 6.04 Å². The smallest absolute Gasteiger partial charge is 0.257 e. The van der Waals surface area contributed by atoms with Gasteiger partial charge in [-0.3, -0.25) is 4.79 Å². The van der Waals surface area contributed by atoms with E-state index in [0.717, 1.165) is 0 Å². The fourth-order valence-electron chi connectivity index (χ4n) is 1.82. The minimum Gasteiger partial charge on any atom is -0.399 e. The van der Waals surface area contributed by atoms with Gasteiger partial charge in [-0.15, -0.1) is 0 Å². The van der Waals surface area contributed by atoms with Crippen LogP contribution in [0.3, 0.4) is 0 Å². The third-order valence-corrected chi connectivity index (χ3v) is 3.10. The number of amides is 1. The number of benzene rings is 1. The zero-order valence-corrected chi connectivity index (χ0v) is 9.98. The van der Waals surface area contributed by atoms with Crippen LogP contribution in [-0.4, -0.2) is 48.9 Å². The van der Waals surface area contributed by atoms with Crippen LogP contribution >= 0.6 is 0 Å². The van der Waals surface area contributed by atoms with E-state index in [1.165, 1.54) is 18.2 Å². The Kier molecular flexibility index (Phi) is 3.02. The fraction of sp³-hybridized carbons (Fsp3) is 0.417. The molecule has 0 atom stereocenters. The molecule has 5 heteroatoms. The predicted octanol–water partition coefficient (Wildman–Crippen LogP) is 0.794. The molecule has 2 rings (SSSR count). The molecule has 0 unspecified atom stereocenters. The number of likely N-dealkylation sites (N-methyl/N-ethyl adjacent to an activating group) is 1. The zero-order chi connectivity index (χ0) is 12.6. The first-order valence-electron chi connectivity index (χ1n) is 5.50. The Morgan fingerprint density at radius 3 is 2.71 bits per heavy atom. The highest BCUT2D eigenvalue weighted by atomic mass is 19.1. The van der Waals surface area contributed by atoms with E-state index in [0.29, 0.717) is 24.8 Å². The summed E-state index contributed by atoms with van der Waals surface area (Å²) >= 11 is 0. The second-order valence-corrected chi connectivity index (χ2v) is 4.57. The summed E-state index contributed by atoms with van der Waals surface area (Å²) in [5.74, 6) is -0.801. The Morgan fingerprint density at radius 1 is 1.47 bits per heavy atom. The maximum Gasteiger partial charge on any atom is 0.257 e. The molecule has 0 saturated carbocycles. The molecule has 1 heterocycles. The third kappa shape index (κ3) is 2.24. The normalized spacial score (nSPS) is 16.1. The molecule has 1 aliphatic rings. The van der Waals surface area contributed by atoms with Crippen LogP contribution in [0.5, 0.6) is 0 Å². The van der Waals surface area contributed by atoms with E-state index in [-0.39, 0.29) is 11.5 Å². The van der Waals surface area contributed by atoms with Crippen LogP contribution in [0, 0.1) is 5.82 Å². The quantitative estimate of drug-likeness (QED) is 0.774. The van der Waals surface area contributed by atoms with E-state index in [2.05, 4.69) is 4.90 Å². The Balaban J connectivity index is 2.09. The number of halogens is 1. The number of anilines is 1. The number of nitrogens with two attached hydrogens (primary N) is 1. The van der Waals surface area contributed by atoms with Gasteiger partial charge < -0.3 is 15.5 Å². The van der Waals surface area contributed by atoms with Gasteiger partial charge in [-0.1, -0.05) is 0 Å². The van der Waals surface area contributed by atoms with Crippen molar-refractivity contribution in [2.75, 3.05) is 32.9 Å². The average molecular weight is 237 g/mol. The summed E-state index contributed by atoms with van der Waals surface area (Å²) in [6, 6.07) is 4.43. The van der Waals surface area contributed by atoms with Gasteiger partial charge in [0.15, 0.2) is 0 Å². The van der Waals surface area contributed by atoms with Crippen LogP contribution < -0.4 is 5.73 Å². The SMILES string of the molecule is CN(C)C1CN(C(=O)c2cc(N)ccc2F)C1. The van der Waals surface area contributed by atoms with Crippen molar-refractivity contribution in [3.63, 3.8) is 0 Å². The largest absolute Gasteiger partial charge is 0.399 e. The molecule has 1 fully saturated rings. The number of nitrogens with zero attached hydrogens (tertiary/aromatic N) is 2. The second-order valence-electron chi connectivity index (χ2n) is 4.57. The van der Waals surface area contributed by atoms with Gasteiger partial charge in [-0.2, -0.15) is 0 Å².